The number of hydrogen-bond acceptors (Lipinski definition) is 5. The van der Waals surface area contributed by atoms with E-state index in [2.05, 4.69) is 5.32 Å². The SMILES string of the molecule is COc1ccc(OC)c(NC(=O)/C=C/c2ccc(OCc3c(Cl)cccc3Cl)c(OC)c2)c1. The van der Waals surface area contributed by atoms with Crippen molar-refractivity contribution in [2.75, 3.05) is 26.6 Å². The third kappa shape index (κ3) is 6.34. The minimum absolute atomic E-state index is 0.189. The van der Waals surface area contributed by atoms with Crippen LogP contribution < -0.4 is 24.3 Å². The molecule has 0 aromatic heterocycles. The van der Waals surface area contributed by atoms with Gasteiger partial charge in [-0.3, -0.25) is 4.79 Å². The maximum Gasteiger partial charge on any atom is 0.248 e. The van der Waals surface area contributed by atoms with Crippen LogP contribution in [0.3, 0.4) is 0 Å². The molecular weight excluding hydrogens is 465 g/mol. The van der Waals surface area contributed by atoms with Crippen LogP contribution in [0.25, 0.3) is 6.08 Å². The molecule has 3 aromatic carbocycles. The molecule has 0 unspecified atom stereocenters. The van der Waals surface area contributed by atoms with Crippen LogP contribution >= 0.6 is 23.2 Å². The molecule has 0 saturated heterocycles. The molecule has 0 aliphatic carbocycles. The van der Waals surface area contributed by atoms with Gasteiger partial charge in [-0.25, -0.2) is 0 Å². The monoisotopic (exact) mass is 487 g/mol. The molecule has 0 heterocycles. The lowest BCUT2D eigenvalue weighted by molar-refractivity contribution is -0.111. The Hall–Kier alpha value is -3.35. The zero-order chi connectivity index (χ0) is 23.8. The van der Waals surface area contributed by atoms with Gasteiger partial charge in [-0.2, -0.15) is 0 Å². The second kappa shape index (κ2) is 11.5. The van der Waals surface area contributed by atoms with Crippen LogP contribution in [0.4, 0.5) is 5.69 Å². The second-order valence-corrected chi connectivity index (χ2v) is 7.60. The van der Waals surface area contributed by atoms with E-state index in [1.807, 2.05) is 6.07 Å². The predicted octanol–water partition coefficient (Wildman–Crippen LogP) is 6.25. The molecule has 0 atom stereocenters. The summed E-state index contributed by atoms with van der Waals surface area (Å²) in [6, 6.07) is 15.8. The summed E-state index contributed by atoms with van der Waals surface area (Å²) >= 11 is 12.4. The van der Waals surface area contributed by atoms with Crippen LogP contribution in [0.2, 0.25) is 10.0 Å². The van der Waals surface area contributed by atoms with Crippen LogP contribution in [0.15, 0.2) is 60.7 Å². The fourth-order valence-corrected chi connectivity index (χ4v) is 3.49. The van der Waals surface area contributed by atoms with E-state index in [-0.39, 0.29) is 12.5 Å². The molecule has 172 valence electrons. The summed E-state index contributed by atoms with van der Waals surface area (Å²) in [5.41, 5.74) is 1.95. The molecule has 0 spiro atoms. The number of carbonyl (C=O) groups excluding carboxylic acids is 1. The van der Waals surface area contributed by atoms with E-state index in [4.69, 9.17) is 42.1 Å². The number of methoxy groups -OCH3 is 3. The molecule has 0 saturated carbocycles. The number of carbonyl (C=O) groups is 1. The highest BCUT2D eigenvalue weighted by molar-refractivity contribution is 6.35. The van der Waals surface area contributed by atoms with E-state index in [0.717, 1.165) is 5.56 Å². The molecular formula is C25H23Cl2NO5. The van der Waals surface area contributed by atoms with Crippen LogP contribution in [0.5, 0.6) is 23.0 Å². The minimum Gasteiger partial charge on any atom is -0.497 e. The largest absolute Gasteiger partial charge is 0.497 e. The summed E-state index contributed by atoms with van der Waals surface area (Å²) in [5.74, 6) is 1.84. The van der Waals surface area contributed by atoms with E-state index in [1.54, 1.807) is 68.8 Å². The summed E-state index contributed by atoms with van der Waals surface area (Å²) < 4.78 is 21.8. The molecule has 0 aliphatic rings. The molecule has 3 rings (SSSR count). The van der Waals surface area contributed by atoms with Crippen molar-refractivity contribution in [1.82, 2.24) is 0 Å². The van der Waals surface area contributed by atoms with Gasteiger partial charge in [0, 0.05) is 27.8 Å². The Bertz CT molecular complexity index is 1140. The lowest BCUT2D eigenvalue weighted by Crippen LogP contribution is -2.09. The molecule has 0 bridgehead atoms. The first-order chi connectivity index (χ1) is 15.9. The summed E-state index contributed by atoms with van der Waals surface area (Å²) in [6.07, 6.45) is 3.08. The number of amides is 1. The van der Waals surface area contributed by atoms with Crippen LogP contribution in [0, 0.1) is 0 Å². The fraction of sp³-hybridized carbons (Fsp3) is 0.160. The molecule has 8 heteroatoms. The highest BCUT2D eigenvalue weighted by atomic mass is 35.5. The van der Waals surface area contributed by atoms with E-state index >= 15 is 0 Å². The quantitative estimate of drug-likeness (QED) is 0.361. The van der Waals surface area contributed by atoms with Crippen molar-refractivity contribution >= 4 is 40.9 Å². The first kappa shape index (κ1) is 24.3. The van der Waals surface area contributed by atoms with Crippen molar-refractivity contribution in [3.63, 3.8) is 0 Å². The molecule has 6 nitrogen and oxygen atoms in total. The molecule has 33 heavy (non-hydrogen) atoms. The Morgan fingerprint density at radius 3 is 2.24 bits per heavy atom. The predicted molar refractivity (Wildman–Crippen MR) is 131 cm³/mol. The summed E-state index contributed by atoms with van der Waals surface area (Å²) in [4.78, 5) is 12.4. The standard InChI is InChI=1S/C25H23Cl2NO5/c1-30-17-9-11-22(31-2)21(14-17)28-25(29)12-8-16-7-10-23(24(13-16)32-3)33-15-18-19(26)5-4-6-20(18)27/h4-14H,15H2,1-3H3,(H,28,29)/b12-8+. The van der Waals surface area contributed by atoms with Gasteiger partial charge in [-0.1, -0.05) is 35.3 Å². The molecule has 0 aliphatic heterocycles. The molecule has 0 fully saturated rings. The third-order valence-electron chi connectivity index (χ3n) is 4.71. The number of nitrogens with one attached hydrogen (secondary N) is 1. The van der Waals surface area contributed by atoms with Gasteiger partial charge in [0.05, 0.1) is 27.0 Å². The number of ether oxygens (including phenoxy) is 4. The zero-order valence-electron chi connectivity index (χ0n) is 18.4. The van der Waals surface area contributed by atoms with Crippen molar-refractivity contribution in [3.8, 4) is 23.0 Å². The Labute approximate surface area is 202 Å². The summed E-state index contributed by atoms with van der Waals surface area (Å²) in [5, 5.41) is 3.84. The lowest BCUT2D eigenvalue weighted by Gasteiger charge is -2.13. The first-order valence-electron chi connectivity index (χ1n) is 9.90. The van der Waals surface area contributed by atoms with E-state index in [9.17, 15) is 4.79 Å². The smallest absolute Gasteiger partial charge is 0.248 e. The maximum absolute atomic E-state index is 12.4. The van der Waals surface area contributed by atoms with Gasteiger partial charge in [0.2, 0.25) is 5.91 Å². The summed E-state index contributed by atoms with van der Waals surface area (Å²) in [6.45, 7) is 0.189. The van der Waals surface area contributed by atoms with Gasteiger partial charge in [0.15, 0.2) is 11.5 Å². The highest BCUT2D eigenvalue weighted by Gasteiger charge is 2.11. The average molecular weight is 488 g/mol. The van der Waals surface area contributed by atoms with Gasteiger partial charge in [-0.15, -0.1) is 0 Å². The minimum atomic E-state index is -0.325. The summed E-state index contributed by atoms with van der Waals surface area (Å²) in [7, 11) is 4.62. The van der Waals surface area contributed by atoms with Gasteiger partial charge >= 0.3 is 0 Å². The van der Waals surface area contributed by atoms with Gasteiger partial charge in [-0.05, 0) is 48.0 Å². The van der Waals surface area contributed by atoms with E-state index in [0.29, 0.717) is 44.3 Å². The second-order valence-electron chi connectivity index (χ2n) is 6.79. The van der Waals surface area contributed by atoms with Crippen molar-refractivity contribution < 1.29 is 23.7 Å². The normalized spacial score (nSPS) is 10.7. The van der Waals surface area contributed by atoms with E-state index in [1.165, 1.54) is 13.2 Å². The molecule has 0 radical (unpaired) electrons. The maximum atomic E-state index is 12.4. The van der Waals surface area contributed by atoms with Gasteiger partial charge in [0.25, 0.3) is 0 Å². The Balaban J connectivity index is 1.70. The van der Waals surface area contributed by atoms with E-state index < -0.39 is 0 Å². The Morgan fingerprint density at radius 1 is 0.879 bits per heavy atom. The fourth-order valence-electron chi connectivity index (χ4n) is 2.99. The average Bonchev–Trinajstić information content (AvgIpc) is 2.82. The van der Waals surface area contributed by atoms with Crippen LogP contribution in [0.1, 0.15) is 11.1 Å². The van der Waals surface area contributed by atoms with Gasteiger partial charge < -0.3 is 24.3 Å². The lowest BCUT2D eigenvalue weighted by atomic mass is 10.2. The number of benzene rings is 3. The van der Waals surface area contributed by atoms with Crippen molar-refractivity contribution in [1.29, 1.82) is 0 Å². The van der Waals surface area contributed by atoms with Crippen molar-refractivity contribution in [2.24, 2.45) is 0 Å². The van der Waals surface area contributed by atoms with Crippen molar-refractivity contribution in [2.45, 2.75) is 6.61 Å². The van der Waals surface area contributed by atoms with Crippen LogP contribution in [-0.4, -0.2) is 27.2 Å². The number of anilines is 1. The van der Waals surface area contributed by atoms with Crippen molar-refractivity contribution in [3.05, 3.63) is 81.8 Å². The molecule has 3 aromatic rings. The van der Waals surface area contributed by atoms with Crippen LogP contribution in [-0.2, 0) is 11.4 Å². The molecule has 1 N–H and O–H groups in total. The third-order valence-corrected chi connectivity index (χ3v) is 5.42. The number of rotatable bonds is 9. The topological polar surface area (TPSA) is 66.0 Å². The Kier molecular flexibility index (Phi) is 8.46. The Morgan fingerprint density at radius 2 is 1.58 bits per heavy atom. The number of hydrogen-bond donors (Lipinski definition) is 1. The number of halogens is 2. The van der Waals surface area contributed by atoms with Gasteiger partial charge in [0.1, 0.15) is 18.1 Å². The molecule has 1 amide bonds. The highest BCUT2D eigenvalue weighted by Crippen LogP contribution is 2.32. The zero-order valence-corrected chi connectivity index (χ0v) is 19.9. The first-order valence-corrected chi connectivity index (χ1v) is 10.7.